The van der Waals surface area contributed by atoms with E-state index in [9.17, 15) is 43.2 Å². The van der Waals surface area contributed by atoms with E-state index in [-0.39, 0.29) is 25.7 Å². The van der Waals surface area contributed by atoms with E-state index in [0.29, 0.717) is 25.7 Å². The molecule has 7 atom stereocenters. The molecule has 0 bridgehead atoms. The van der Waals surface area contributed by atoms with Crippen LogP contribution >= 0.6 is 15.6 Å². The van der Waals surface area contributed by atoms with Crippen LogP contribution in [-0.4, -0.2) is 96.7 Å². The number of rotatable bonds is 66. The zero-order chi connectivity index (χ0) is 65.4. The third kappa shape index (κ3) is 60.3. The van der Waals surface area contributed by atoms with Crippen molar-refractivity contribution in [2.45, 2.75) is 356 Å². The zero-order valence-electron chi connectivity index (χ0n) is 57.3. The summed E-state index contributed by atoms with van der Waals surface area (Å²) in [6.45, 7) is 14.1. The summed E-state index contributed by atoms with van der Waals surface area (Å²) in [5.74, 6) is 0.893. The number of ether oxygens (including phenoxy) is 4. The maximum Gasteiger partial charge on any atom is 0.472 e. The van der Waals surface area contributed by atoms with E-state index in [1.165, 1.54) is 141 Å². The van der Waals surface area contributed by atoms with Gasteiger partial charge in [0.15, 0.2) is 12.2 Å². The van der Waals surface area contributed by atoms with Gasteiger partial charge in [0.25, 0.3) is 0 Å². The summed E-state index contributed by atoms with van der Waals surface area (Å²) in [7, 11) is -9.90. The number of unbranched alkanes of at least 4 members (excludes halogenated alkanes) is 30. The Morgan fingerprint density at radius 2 is 0.545 bits per heavy atom. The van der Waals surface area contributed by atoms with Crippen molar-refractivity contribution in [3.63, 3.8) is 0 Å². The highest BCUT2D eigenvalue weighted by atomic mass is 31.2. The van der Waals surface area contributed by atoms with Gasteiger partial charge in [-0.2, -0.15) is 0 Å². The van der Waals surface area contributed by atoms with Gasteiger partial charge in [0.1, 0.15) is 19.3 Å². The SMILES string of the molecule is CCC(C)CCCCCCCCCCCCC(=O)O[C@H](COC(=O)CCCCCCCCCCC(C)CC)COP(=O)(O)OCC(O)COP(=O)(O)OC[C@@H](COC(=O)CCCCCCCCCCC(C)C)OC(=O)CCCCCCCCCCC(C)C. The predicted octanol–water partition coefficient (Wildman–Crippen LogP) is 19.3. The Bertz CT molecular complexity index is 1750. The molecule has 522 valence electrons. The first kappa shape index (κ1) is 86.1. The number of esters is 4. The first-order valence-corrected chi connectivity index (χ1v) is 38.8. The Labute approximate surface area is 537 Å². The highest BCUT2D eigenvalue weighted by Gasteiger charge is 2.30. The molecule has 0 amide bonds. The molecule has 0 fully saturated rings. The van der Waals surface area contributed by atoms with E-state index in [1.54, 1.807) is 0 Å². The van der Waals surface area contributed by atoms with E-state index in [2.05, 4.69) is 55.4 Å². The lowest BCUT2D eigenvalue weighted by molar-refractivity contribution is -0.161. The number of phosphoric ester groups is 2. The molecule has 19 heteroatoms. The summed E-state index contributed by atoms with van der Waals surface area (Å²) in [4.78, 5) is 72.5. The number of carbonyl (C=O) groups is 4. The second kappa shape index (κ2) is 58.8. The van der Waals surface area contributed by atoms with Crippen LogP contribution in [0.3, 0.4) is 0 Å². The monoisotopic (exact) mass is 1300 g/mol. The quantitative estimate of drug-likeness (QED) is 0.0222. The van der Waals surface area contributed by atoms with Crippen molar-refractivity contribution in [2.75, 3.05) is 39.6 Å². The van der Waals surface area contributed by atoms with Crippen molar-refractivity contribution in [1.82, 2.24) is 0 Å². The van der Waals surface area contributed by atoms with E-state index >= 15 is 0 Å². The molecule has 17 nitrogen and oxygen atoms in total. The largest absolute Gasteiger partial charge is 0.472 e. The molecule has 0 aliphatic carbocycles. The molecule has 88 heavy (non-hydrogen) atoms. The fraction of sp³-hybridized carbons (Fsp3) is 0.942. The van der Waals surface area contributed by atoms with Gasteiger partial charge in [-0.25, -0.2) is 9.13 Å². The van der Waals surface area contributed by atoms with Gasteiger partial charge in [-0.3, -0.25) is 37.3 Å². The van der Waals surface area contributed by atoms with Crippen molar-refractivity contribution in [3.05, 3.63) is 0 Å². The molecule has 0 aliphatic rings. The molecule has 0 aromatic rings. The summed E-state index contributed by atoms with van der Waals surface area (Å²) in [5.41, 5.74) is 0. The number of phosphoric acid groups is 2. The van der Waals surface area contributed by atoms with Crippen molar-refractivity contribution in [1.29, 1.82) is 0 Å². The standard InChI is InChI=1S/C69H134O17P2/c1-9-61(7)47-39-31-23-13-11-12-14-27-35-43-51-68(73)85-64(55-80-67(72)50-42-34-26-20-17-24-32-40-48-62(8)10-2)57-83-87(75,76)81-53-63(70)54-82-88(77,78)84-58-65(86-69(74)52-44-36-28-19-16-22-30-38-46-60(5)6)56-79-66(71)49-41-33-25-18-15-21-29-37-45-59(3)4/h59-65,70H,9-58H2,1-8H3,(H,75,76)(H,77,78)/t61?,62?,63?,64-,65-/m1/s1. The molecule has 5 unspecified atom stereocenters. The van der Waals surface area contributed by atoms with Crippen LogP contribution < -0.4 is 0 Å². The minimum absolute atomic E-state index is 0.103. The highest BCUT2D eigenvalue weighted by Crippen LogP contribution is 2.45. The molecule has 0 spiro atoms. The minimum atomic E-state index is -4.95. The molecular formula is C69H134O17P2. The van der Waals surface area contributed by atoms with Crippen LogP contribution in [0.25, 0.3) is 0 Å². The Kier molecular flexibility index (Phi) is 57.6. The number of aliphatic hydroxyl groups is 1. The first-order chi connectivity index (χ1) is 42.2. The third-order valence-electron chi connectivity index (χ3n) is 16.5. The summed E-state index contributed by atoms with van der Waals surface area (Å²) < 4.78 is 68.2. The minimum Gasteiger partial charge on any atom is -0.462 e. The summed E-state index contributed by atoms with van der Waals surface area (Å²) >= 11 is 0. The summed E-state index contributed by atoms with van der Waals surface area (Å²) in [6.07, 6.45) is 40.2. The van der Waals surface area contributed by atoms with Crippen molar-refractivity contribution in [2.24, 2.45) is 23.7 Å². The van der Waals surface area contributed by atoms with Gasteiger partial charge in [-0.05, 0) is 49.4 Å². The Morgan fingerprint density at radius 3 is 0.807 bits per heavy atom. The lowest BCUT2D eigenvalue weighted by atomic mass is 9.99. The van der Waals surface area contributed by atoms with Gasteiger partial charge < -0.3 is 33.8 Å². The molecule has 0 radical (unpaired) electrons. The number of aliphatic hydroxyl groups excluding tert-OH is 1. The molecule has 3 N–H and O–H groups in total. The van der Waals surface area contributed by atoms with Crippen LogP contribution in [0.4, 0.5) is 0 Å². The van der Waals surface area contributed by atoms with Crippen LogP contribution in [0.2, 0.25) is 0 Å². The molecular weight excluding hydrogens is 1160 g/mol. The second-order valence-electron chi connectivity index (χ2n) is 26.4. The van der Waals surface area contributed by atoms with Crippen molar-refractivity contribution >= 4 is 39.5 Å². The van der Waals surface area contributed by atoms with E-state index in [1.807, 2.05) is 0 Å². The maximum absolute atomic E-state index is 13.0. The smallest absolute Gasteiger partial charge is 0.462 e. The van der Waals surface area contributed by atoms with Crippen LogP contribution in [0.15, 0.2) is 0 Å². The average Bonchev–Trinajstić information content (AvgIpc) is 3.59. The van der Waals surface area contributed by atoms with Crippen LogP contribution in [0.5, 0.6) is 0 Å². The van der Waals surface area contributed by atoms with Gasteiger partial charge in [-0.15, -0.1) is 0 Å². The third-order valence-corrected chi connectivity index (χ3v) is 18.4. The summed E-state index contributed by atoms with van der Waals surface area (Å²) in [5, 5.41) is 10.6. The predicted molar refractivity (Wildman–Crippen MR) is 354 cm³/mol. The Balaban J connectivity index is 5.27. The maximum atomic E-state index is 13.0. The Morgan fingerprint density at radius 1 is 0.318 bits per heavy atom. The van der Waals surface area contributed by atoms with E-state index < -0.39 is 97.5 Å². The molecule has 0 aromatic heterocycles. The molecule has 0 aromatic carbocycles. The van der Waals surface area contributed by atoms with Gasteiger partial charge in [0.2, 0.25) is 0 Å². The highest BCUT2D eigenvalue weighted by molar-refractivity contribution is 7.47. The molecule has 0 aliphatic heterocycles. The normalized spacial score (nSPS) is 14.9. The number of hydrogen-bond acceptors (Lipinski definition) is 15. The number of carbonyl (C=O) groups excluding carboxylic acids is 4. The van der Waals surface area contributed by atoms with Gasteiger partial charge in [0.05, 0.1) is 26.4 Å². The molecule has 0 heterocycles. The summed E-state index contributed by atoms with van der Waals surface area (Å²) in [6, 6.07) is 0. The zero-order valence-corrected chi connectivity index (χ0v) is 59.1. The topological polar surface area (TPSA) is 237 Å². The van der Waals surface area contributed by atoms with Crippen molar-refractivity contribution in [3.8, 4) is 0 Å². The molecule has 0 rings (SSSR count). The fourth-order valence-electron chi connectivity index (χ4n) is 10.2. The molecule has 0 saturated heterocycles. The lowest BCUT2D eigenvalue weighted by Gasteiger charge is -2.21. The van der Waals surface area contributed by atoms with E-state index in [4.69, 9.17) is 37.0 Å². The van der Waals surface area contributed by atoms with Crippen LogP contribution in [0, 0.1) is 23.7 Å². The van der Waals surface area contributed by atoms with Gasteiger partial charge in [-0.1, -0.05) is 287 Å². The first-order valence-electron chi connectivity index (χ1n) is 35.8. The second-order valence-corrected chi connectivity index (χ2v) is 29.3. The van der Waals surface area contributed by atoms with Crippen molar-refractivity contribution < 1.29 is 80.2 Å². The van der Waals surface area contributed by atoms with Gasteiger partial charge in [0, 0.05) is 25.7 Å². The van der Waals surface area contributed by atoms with E-state index in [0.717, 1.165) is 114 Å². The fourth-order valence-corrected chi connectivity index (χ4v) is 11.8. The van der Waals surface area contributed by atoms with Crippen LogP contribution in [0.1, 0.15) is 338 Å². The lowest BCUT2D eigenvalue weighted by Crippen LogP contribution is -2.30. The number of hydrogen-bond donors (Lipinski definition) is 3. The Hall–Kier alpha value is -1.94. The van der Waals surface area contributed by atoms with Gasteiger partial charge >= 0.3 is 39.5 Å². The van der Waals surface area contributed by atoms with Crippen LogP contribution in [-0.2, 0) is 65.4 Å². The molecule has 0 saturated carbocycles. The average molecular weight is 1300 g/mol.